The molecule has 0 N–H and O–H groups in total. The minimum Gasteiger partial charge on any atom is -0.745 e. The Balaban J connectivity index is 0. The molecular formula is C9H8F4LiN3O4S. The first-order valence-corrected chi connectivity index (χ1v) is 6.58. The maximum Gasteiger partial charge on any atom is 1.00 e. The van der Waals surface area contributed by atoms with Gasteiger partial charge in [-0.2, -0.15) is 23.7 Å². The Labute approximate surface area is 135 Å². The fourth-order valence-corrected chi connectivity index (χ4v) is 1.88. The number of halogens is 4. The van der Waals surface area contributed by atoms with Crippen molar-refractivity contribution >= 4 is 16.0 Å². The number of rotatable bonds is 6. The Hall–Kier alpha value is -1.32. The predicted octanol–water partition coefficient (Wildman–Crippen LogP) is -2.58. The number of carbonyl (C=O) groups excluding carboxylic acids is 1. The molecule has 0 aromatic rings. The number of hydrogen-bond acceptors (Lipinski definition) is 6. The van der Waals surface area contributed by atoms with Crippen LogP contribution in [-0.2, 0) is 14.9 Å². The average Bonchev–Trinajstić information content (AvgIpc) is 2.34. The maximum absolute atomic E-state index is 13.7. The van der Waals surface area contributed by atoms with E-state index in [2.05, 4.69) is 0 Å². The molecule has 0 bridgehead atoms. The summed E-state index contributed by atoms with van der Waals surface area (Å²) in [4.78, 5) is 11.5. The van der Waals surface area contributed by atoms with Gasteiger partial charge in [-0.15, -0.1) is 0 Å². The van der Waals surface area contributed by atoms with Gasteiger partial charge >= 0.3 is 30.0 Å². The van der Waals surface area contributed by atoms with Gasteiger partial charge in [0.05, 0.1) is 25.0 Å². The Bertz CT molecular complexity index is 565. The molecule has 0 spiro atoms. The predicted molar refractivity (Wildman–Crippen MR) is 56.6 cm³/mol. The SMILES string of the molecule is N#CCCN(CCC#N)C(=O)C(F)(C(F)(F)F)S(=O)(=O)[O-].[Li+]. The molecule has 0 rings (SSSR count). The van der Waals surface area contributed by atoms with Crippen LogP contribution < -0.4 is 18.9 Å². The summed E-state index contributed by atoms with van der Waals surface area (Å²) in [6.07, 6.45) is -7.36. The Kier molecular flexibility index (Phi) is 8.71. The van der Waals surface area contributed by atoms with Crippen LogP contribution in [0.25, 0.3) is 0 Å². The molecule has 1 amide bonds. The van der Waals surface area contributed by atoms with Crippen LogP contribution in [0.1, 0.15) is 12.8 Å². The summed E-state index contributed by atoms with van der Waals surface area (Å²) in [5.41, 5.74) is 0. The van der Waals surface area contributed by atoms with Gasteiger partial charge in [0, 0.05) is 13.1 Å². The molecule has 22 heavy (non-hydrogen) atoms. The Morgan fingerprint density at radius 2 is 1.45 bits per heavy atom. The van der Waals surface area contributed by atoms with Gasteiger partial charge in [-0.05, 0) is 0 Å². The third-order valence-corrected chi connectivity index (χ3v) is 3.35. The van der Waals surface area contributed by atoms with E-state index in [-0.39, 0.29) is 23.8 Å². The van der Waals surface area contributed by atoms with Gasteiger partial charge in [0.1, 0.15) is 10.1 Å². The van der Waals surface area contributed by atoms with E-state index in [0.717, 1.165) is 0 Å². The first kappa shape index (κ1) is 23.0. The molecule has 0 aliphatic rings. The molecule has 0 radical (unpaired) electrons. The number of nitrogens with zero attached hydrogens (tertiary/aromatic N) is 3. The smallest absolute Gasteiger partial charge is 0.745 e. The van der Waals surface area contributed by atoms with Crippen LogP contribution in [0.2, 0.25) is 0 Å². The van der Waals surface area contributed by atoms with Gasteiger partial charge in [-0.1, -0.05) is 0 Å². The van der Waals surface area contributed by atoms with Crippen molar-refractivity contribution in [3.8, 4) is 12.1 Å². The monoisotopic (exact) mass is 337 g/mol. The van der Waals surface area contributed by atoms with Crippen LogP contribution in [0.15, 0.2) is 0 Å². The van der Waals surface area contributed by atoms with Crippen molar-refractivity contribution in [2.75, 3.05) is 13.1 Å². The number of hydrogen-bond donors (Lipinski definition) is 0. The average molecular weight is 337 g/mol. The molecule has 13 heteroatoms. The number of carbonyl (C=O) groups is 1. The van der Waals surface area contributed by atoms with Crippen molar-refractivity contribution in [3.63, 3.8) is 0 Å². The van der Waals surface area contributed by atoms with Crippen LogP contribution in [0, 0.1) is 22.7 Å². The van der Waals surface area contributed by atoms with Crippen LogP contribution in [0.3, 0.4) is 0 Å². The van der Waals surface area contributed by atoms with E-state index in [1.165, 1.54) is 12.1 Å². The van der Waals surface area contributed by atoms with Gasteiger partial charge in [0.15, 0.2) is 0 Å². The Morgan fingerprint density at radius 1 is 1.09 bits per heavy atom. The molecule has 118 valence electrons. The third kappa shape index (κ3) is 4.85. The number of amides is 1. The van der Waals surface area contributed by atoms with Crippen LogP contribution in [-0.4, -0.2) is 48.0 Å². The summed E-state index contributed by atoms with van der Waals surface area (Å²) in [5, 5.41) is 10.9. The molecule has 0 heterocycles. The molecule has 0 aromatic carbocycles. The second-order valence-corrected chi connectivity index (χ2v) is 5.13. The van der Waals surface area contributed by atoms with E-state index >= 15 is 0 Å². The molecule has 0 aromatic heterocycles. The van der Waals surface area contributed by atoms with Gasteiger partial charge in [0.25, 0.3) is 5.91 Å². The second-order valence-electron chi connectivity index (χ2n) is 3.66. The molecule has 0 saturated carbocycles. The zero-order valence-electron chi connectivity index (χ0n) is 11.2. The minimum absolute atomic E-state index is 0. The van der Waals surface area contributed by atoms with E-state index in [1.54, 1.807) is 0 Å². The summed E-state index contributed by atoms with van der Waals surface area (Å²) < 4.78 is 83.0. The standard InChI is InChI=1S/C9H9F4N3O4S.Li/c10-8(9(11,12)13,21(18,19)20)7(17)16(5-1-3-14)6-2-4-15;/h1-2,5-6H2,(H,18,19,20);/q;+1/p-1. The Morgan fingerprint density at radius 3 is 1.68 bits per heavy atom. The van der Waals surface area contributed by atoms with E-state index < -0.39 is 53.1 Å². The number of alkyl halides is 4. The molecular weight excluding hydrogens is 329 g/mol. The van der Waals surface area contributed by atoms with Gasteiger partial charge in [0.2, 0.25) is 0 Å². The fourth-order valence-electron chi connectivity index (χ4n) is 1.26. The maximum atomic E-state index is 13.7. The van der Waals surface area contributed by atoms with Gasteiger partial charge < -0.3 is 9.45 Å². The van der Waals surface area contributed by atoms with E-state index in [1.807, 2.05) is 0 Å². The summed E-state index contributed by atoms with van der Waals surface area (Å²) >= 11 is 0. The summed E-state index contributed by atoms with van der Waals surface area (Å²) in [7, 11) is -6.72. The van der Waals surface area contributed by atoms with Crippen molar-refractivity contribution in [2.24, 2.45) is 0 Å². The van der Waals surface area contributed by atoms with Crippen molar-refractivity contribution in [3.05, 3.63) is 0 Å². The van der Waals surface area contributed by atoms with Crippen molar-refractivity contribution in [2.45, 2.75) is 24.0 Å². The quantitative estimate of drug-likeness (QED) is 0.298. The summed E-state index contributed by atoms with van der Waals surface area (Å²) in [6.45, 7) is -1.51. The molecule has 0 saturated heterocycles. The van der Waals surface area contributed by atoms with Crippen LogP contribution >= 0.6 is 0 Å². The van der Waals surface area contributed by atoms with Crippen molar-refractivity contribution in [1.29, 1.82) is 10.5 Å². The van der Waals surface area contributed by atoms with Crippen LogP contribution in [0.4, 0.5) is 17.6 Å². The number of nitriles is 2. The first-order chi connectivity index (χ1) is 9.43. The van der Waals surface area contributed by atoms with E-state index in [4.69, 9.17) is 10.5 Å². The largest absolute Gasteiger partial charge is 1.00 e. The van der Waals surface area contributed by atoms with Crippen molar-refractivity contribution < 1.29 is 54.2 Å². The second kappa shape index (κ2) is 8.35. The molecule has 0 aliphatic carbocycles. The topological polar surface area (TPSA) is 125 Å². The normalized spacial score (nSPS) is 14.0. The fraction of sp³-hybridized carbons (Fsp3) is 0.667. The molecule has 0 aliphatic heterocycles. The zero-order valence-corrected chi connectivity index (χ0v) is 12.0. The zero-order chi connectivity index (χ0) is 16.9. The summed E-state index contributed by atoms with van der Waals surface area (Å²) in [5.74, 6) is -2.66. The first-order valence-electron chi connectivity index (χ1n) is 5.17. The van der Waals surface area contributed by atoms with Crippen molar-refractivity contribution in [1.82, 2.24) is 4.90 Å². The van der Waals surface area contributed by atoms with Crippen LogP contribution in [0.5, 0.6) is 0 Å². The van der Waals surface area contributed by atoms with E-state index in [0.29, 0.717) is 0 Å². The van der Waals surface area contributed by atoms with Gasteiger partial charge in [-0.3, -0.25) is 4.79 Å². The minimum atomic E-state index is -6.72. The molecule has 7 nitrogen and oxygen atoms in total. The molecule has 1 atom stereocenters. The summed E-state index contributed by atoms with van der Waals surface area (Å²) in [6, 6.07) is 2.90. The third-order valence-electron chi connectivity index (χ3n) is 2.26. The molecule has 0 fully saturated rings. The van der Waals surface area contributed by atoms with E-state index in [9.17, 15) is 35.3 Å². The molecule has 1 unspecified atom stereocenters. The van der Waals surface area contributed by atoms with Gasteiger partial charge in [-0.25, -0.2) is 12.8 Å².